The minimum atomic E-state index is -0.161. The predicted molar refractivity (Wildman–Crippen MR) is 104 cm³/mol. The van der Waals surface area contributed by atoms with E-state index in [0.29, 0.717) is 53.6 Å². The Kier molecular flexibility index (Phi) is 6.90. The number of carbonyl (C=O) groups is 2. The lowest BCUT2D eigenvalue weighted by Crippen LogP contribution is -2.14. The molecule has 7 nitrogen and oxygen atoms in total. The summed E-state index contributed by atoms with van der Waals surface area (Å²) in [4.78, 5) is 23.3. The number of halogens is 1. The maximum atomic E-state index is 12.1. The van der Waals surface area contributed by atoms with Gasteiger partial charge in [0.25, 0.3) is 0 Å². The quantitative estimate of drug-likeness (QED) is 0.425. The summed E-state index contributed by atoms with van der Waals surface area (Å²) in [5.74, 6) is 1.65. The summed E-state index contributed by atoms with van der Waals surface area (Å²) in [5.41, 5.74) is 7.47. The van der Waals surface area contributed by atoms with Gasteiger partial charge >= 0.3 is 0 Å². The van der Waals surface area contributed by atoms with Gasteiger partial charge in [-0.1, -0.05) is 0 Å². The molecule has 1 aliphatic rings. The third-order valence-electron chi connectivity index (χ3n) is 3.90. The Bertz CT molecular complexity index is 824. The van der Waals surface area contributed by atoms with E-state index in [1.54, 1.807) is 36.4 Å². The molecule has 0 radical (unpaired) electrons. The molecule has 8 heteroatoms. The minimum Gasteiger partial charge on any atom is -0.494 e. The number of ether oxygens (including phenoxy) is 3. The van der Waals surface area contributed by atoms with Gasteiger partial charge in [-0.2, -0.15) is 0 Å². The average Bonchev–Trinajstić information content (AvgIpc) is 3.06. The van der Waals surface area contributed by atoms with E-state index in [0.717, 1.165) is 0 Å². The molecule has 1 amide bonds. The van der Waals surface area contributed by atoms with Crippen molar-refractivity contribution in [1.29, 1.82) is 0 Å². The van der Waals surface area contributed by atoms with Crippen LogP contribution < -0.4 is 25.3 Å². The van der Waals surface area contributed by atoms with Crippen LogP contribution in [0.2, 0.25) is 0 Å². The third-order valence-corrected chi connectivity index (χ3v) is 3.90. The van der Waals surface area contributed by atoms with Gasteiger partial charge in [-0.15, -0.1) is 12.4 Å². The molecule has 2 aromatic carbocycles. The monoisotopic (exact) mass is 392 g/mol. The van der Waals surface area contributed by atoms with Gasteiger partial charge in [-0.25, -0.2) is 0 Å². The first-order valence-corrected chi connectivity index (χ1v) is 8.25. The van der Waals surface area contributed by atoms with Crippen molar-refractivity contribution in [2.45, 2.75) is 19.8 Å². The first-order valence-electron chi connectivity index (χ1n) is 8.25. The number of fused-ring (bicyclic) bond motifs is 1. The van der Waals surface area contributed by atoms with Gasteiger partial charge in [-0.05, 0) is 37.6 Å². The maximum Gasteiger partial charge on any atom is 0.231 e. The van der Waals surface area contributed by atoms with Crippen LogP contribution in [0.3, 0.4) is 0 Å². The number of rotatable bonds is 7. The summed E-state index contributed by atoms with van der Waals surface area (Å²) in [6.07, 6.45) is 0.837. The molecule has 0 atom stereocenters. The summed E-state index contributed by atoms with van der Waals surface area (Å²) >= 11 is 0. The number of carbonyl (C=O) groups excluding carboxylic acids is 2. The fourth-order valence-electron chi connectivity index (χ4n) is 2.49. The van der Waals surface area contributed by atoms with Crippen LogP contribution >= 0.6 is 12.4 Å². The fourth-order valence-corrected chi connectivity index (χ4v) is 2.49. The van der Waals surface area contributed by atoms with Crippen LogP contribution in [0.1, 0.15) is 30.1 Å². The van der Waals surface area contributed by atoms with Crippen molar-refractivity contribution in [2.75, 3.05) is 24.5 Å². The lowest BCUT2D eigenvalue weighted by Gasteiger charge is -2.10. The van der Waals surface area contributed by atoms with Gasteiger partial charge in [0, 0.05) is 24.1 Å². The van der Waals surface area contributed by atoms with Crippen LogP contribution in [0.15, 0.2) is 36.4 Å². The van der Waals surface area contributed by atoms with Crippen molar-refractivity contribution < 1.29 is 23.8 Å². The molecule has 0 aliphatic carbocycles. The van der Waals surface area contributed by atoms with Crippen LogP contribution in [0.4, 0.5) is 11.4 Å². The molecule has 2 aromatic rings. The number of benzene rings is 2. The van der Waals surface area contributed by atoms with E-state index in [9.17, 15) is 9.59 Å². The van der Waals surface area contributed by atoms with Crippen LogP contribution in [0, 0.1) is 0 Å². The highest BCUT2D eigenvalue weighted by Gasteiger charge is 2.17. The molecular formula is C19H21ClN2O5. The van der Waals surface area contributed by atoms with Crippen molar-refractivity contribution in [3.8, 4) is 17.2 Å². The number of ketones is 1. The molecule has 0 fully saturated rings. The number of nitrogens with two attached hydrogens (primary N) is 1. The number of hydrogen-bond acceptors (Lipinski definition) is 6. The van der Waals surface area contributed by atoms with Crippen molar-refractivity contribution >= 4 is 35.5 Å². The van der Waals surface area contributed by atoms with Crippen LogP contribution in [0.5, 0.6) is 17.2 Å². The predicted octanol–water partition coefficient (Wildman–Crippen LogP) is 3.42. The Balaban J connectivity index is 0.00000261. The molecular weight excluding hydrogens is 372 g/mol. The van der Waals surface area contributed by atoms with Crippen molar-refractivity contribution in [2.24, 2.45) is 0 Å². The van der Waals surface area contributed by atoms with E-state index in [-0.39, 0.29) is 30.9 Å². The highest BCUT2D eigenvalue weighted by molar-refractivity contribution is 5.95. The van der Waals surface area contributed by atoms with Crippen LogP contribution in [-0.2, 0) is 4.79 Å². The van der Waals surface area contributed by atoms with Gasteiger partial charge in [0.1, 0.15) is 5.75 Å². The number of amides is 1. The van der Waals surface area contributed by atoms with Crippen molar-refractivity contribution in [3.05, 3.63) is 42.0 Å². The number of Topliss-reactive ketones (excluding diaryl/α,β-unsaturated/α-hetero) is 1. The Morgan fingerprint density at radius 3 is 2.48 bits per heavy atom. The molecule has 0 unspecified atom stereocenters. The average molecular weight is 393 g/mol. The van der Waals surface area contributed by atoms with Crippen LogP contribution in [-0.4, -0.2) is 25.1 Å². The molecule has 1 heterocycles. The SMILES string of the molecule is CC(=O)c1ccc(OCCCC(=O)Nc2cc3c(cc2N)OCO3)cc1.Cl. The number of anilines is 2. The number of hydrogen-bond donors (Lipinski definition) is 2. The van der Waals surface area contributed by atoms with Gasteiger partial charge in [0.15, 0.2) is 17.3 Å². The molecule has 144 valence electrons. The highest BCUT2D eigenvalue weighted by atomic mass is 35.5. The first kappa shape index (κ1) is 20.4. The summed E-state index contributed by atoms with van der Waals surface area (Å²) < 4.78 is 16.1. The van der Waals surface area contributed by atoms with Gasteiger partial charge < -0.3 is 25.3 Å². The lowest BCUT2D eigenvalue weighted by molar-refractivity contribution is -0.116. The molecule has 3 rings (SSSR count). The smallest absolute Gasteiger partial charge is 0.231 e. The number of nitrogen functional groups attached to an aromatic ring is 1. The largest absolute Gasteiger partial charge is 0.494 e. The summed E-state index contributed by atoms with van der Waals surface area (Å²) in [6, 6.07) is 10.2. The molecule has 0 aromatic heterocycles. The summed E-state index contributed by atoms with van der Waals surface area (Å²) in [7, 11) is 0. The Morgan fingerprint density at radius 1 is 1.15 bits per heavy atom. The van der Waals surface area contributed by atoms with Crippen molar-refractivity contribution in [3.63, 3.8) is 0 Å². The zero-order chi connectivity index (χ0) is 18.5. The molecule has 1 aliphatic heterocycles. The van der Waals surface area contributed by atoms with E-state index in [1.807, 2.05) is 0 Å². The van der Waals surface area contributed by atoms with Gasteiger partial charge in [0.05, 0.1) is 18.0 Å². The third kappa shape index (κ3) is 5.27. The van der Waals surface area contributed by atoms with Gasteiger partial charge in [0.2, 0.25) is 12.7 Å². The van der Waals surface area contributed by atoms with Crippen LogP contribution in [0.25, 0.3) is 0 Å². The topological polar surface area (TPSA) is 99.9 Å². The molecule has 0 bridgehead atoms. The van der Waals surface area contributed by atoms with Gasteiger partial charge in [-0.3, -0.25) is 9.59 Å². The second kappa shape index (κ2) is 9.14. The molecule has 3 N–H and O–H groups in total. The van der Waals surface area contributed by atoms with E-state index < -0.39 is 0 Å². The van der Waals surface area contributed by atoms with E-state index in [2.05, 4.69) is 5.32 Å². The Labute approximate surface area is 163 Å². The zero-order valence-electron chi connectivity index (χ0n) is 14.8. The minimum absolute atomic E-state index is 0. The Hall–Kier alpha value is -2.93. The van der Waals surface area contributed by atoms with E-state index >= 15 is 0 Å². The number of nitrogens with one attached hydrogen (secondary N) is 1. The lowest BCUT2D eigenvalue weighted by atomic mass is 10.1. The highest BCUT2D eigenvalue weighted by Crippen LogP contribution is 2.38. The van der Waals surface area contributed by atoms with Crippen molar-refractivity contribution in [1.82, 2.24) is 0 Å². The molecule has 0 saturated carbocycles. The first-order chi connectivity index (χ1) is 12.5. The Morgan fingerprint density at radius 2 is 1.81 bits per heavy atom. The maximum absolute atomic E-state index is 12.1. The standard InChI is InChI=1S/C19H20N2O5.ClH/c1-12(22)13-4-6-14(7-5-13)24-8-2-3-19(23)21-16-10-18-17(9-15(16)20)25-11-26-18;/h4-7,9-10H,2-3,8,11,20H2,1H3,(H,21,23);1H. The fraction of sp³-hybridized carbons (Fsp3) is 0.263. The van der Waals surface area contributed by atoms with E-state index in [4.69, 9.17) is 19.9 Å². The van der Waals surface area contributed by atoms with E-state index in [1.165, 1.54) is 6.92 Å². The molecule has 27 heavy (non-hydrogen) atoms. The molecule has 0 saturated heterocycles. The second-order valence-corrected chi connectivity index (χ2v) is 5.87. The normalized spacial score (nSPS) is 11.4. The zero-order valence-corrected chi connectivity index (χ0v) is 15.6. The second-order valence-electron chi connectivity index (χ2n) is 5.87. The molecule has 0 spiro atoms. The summed E-state index contributed by atoms with van der Waals surface area (Å²) in [5, 5.41) is 2.77. The summed E-state index contributed by atoms with van der Waals surface area (Å²) in [6.45, 7) is 2.06.